The fourth-order valence-electron chi connectivity index (χ4n) is 3.67. The van der Waals surface area contributed by atoms with Gasteiger partial charge in [0.05, 0.1) is 6.26 Å². The first-order valence-corrected chi connectivity index (χ1v) is 8.89. The summed E-state index contributed by atoms with van der Waals surface area (Å²) in [6, 6.07) is 12.5. The molecule has 0 radical (unpaired) electrons. The predicted molar refractivity (Wildman–Crippen MR) is 98.7 cm³/mol. The minimum absolute atomic E-state index is 0.776. The summed E-state index contributed by atoms with van der Waals surface area (Å²) < 4.78 is 7.43. The van der Waals surface area contributed by atoms with Gasteiger partial charge in [-0.1, -0.05) is 30.3 Å². The van der Waals surface area contributed by atoms with Gasteiger partial charge in [0, 0.05) is 24.6 Å². The number of hydrogen-bond acceptors (Lipinski definition) is 4. The van der Waals surface area contributed by atoms with E-state index in [9.17, 15) is 0 Å². The molecule has 5 heteroatoms. The summed E-state index contributed by atoms with van der Waals surface area (Å²) in [5.41, 5.74) is 5.75. The smallest absolute Gasteiger partial charge is 0.171 e. The highest BCUT2D eigenvalue weighted by Gasteiger charge is 2.18. The summed E-state index contributed by atoms with van der Waals surface area (Å²) in [7, 11) is 0. The second kappa shape index (κ2) is 6.26. The molecule has 5 rings (SSSR count). The third kappa shape index (κ3) is 2.52. The van der Waals surface area contributed by atoms with Crippen LogP contribution >= 0.6 is 0 Å². The van der Waals surface area contributed by atoms with Crippen LogP contribution in [-0.2, 0) is 19.3 Å². The minimum Gasteiger partial charge on any atom is -0.469 e. The second-order valence-corrected chi connectivity index (χ2v) is 6.51. The van der Waals surface area contributed by atoms with Crippen molar-refractivity contribution in [2.24, 2.45) is 0 Å². The molecule has 4 aromatic rings. The van der Waals surface area contributed by atoms with E-state index in [1.807, 2.05) is 22.7 Å². The lowest BCUT2D eigenvalue weighted by Crippen LogP contribution is -2.07. The number of benzene rings is 1. The number of aromatic nitrogens is 4. The number of nitrogens with zero attached hydrogens (tertiary/aromatic N) is 4. The quantitative estimate of drug-likeness (QED) is 0.565. The van der Waals surface area contributed by atoms with Crippen molar-refractivity contribution in [3.63, 3.8) is 0 Å². The van der Waals surface area contributed by atoms with Crippen molar-refractivity contribution in [3.05, 3.63) is 89.5 Å². The van der Waals surface area contributed by atoms with Crippen LogP contribution in [-0.4, -0.2) is 19.6 Å². The zero-order chi connectivity index (χ0) is 17.3. The van der Waals surface area contributed by atoms with Crippen LogP contribution in [0.4, 0.5) is 0 Å². The van der Waals surface area contributed by atoms with Gasteiger partial charge in [-0.15, -0.1) is 10.2 Å². The Morgan fingerprint density at radius 3 is 2.92 bits per heavy atom. The lowest BCUT2D eigenvalue weighted by molar-refractivity contribution is 0.506. The molecule has 0 fully saturated rings. The summed E-state index contributed by atoms with van der Waals surface area (Å²) in [6.07, 6.45) is 11.4. The molecule has 5 nitrogen and oxygen atoms in total. The Labute approximate surface area is 151 Å². The van der Waals surface area contributed by atoms with E-state index in [1.165, 1.54) is 16.7 Å². The van der Waals surface area contributed by atoms with Crippen LogP contribution in [0.15, 0.2) is 65.7 Å². The molecular formula is C21H18N4O. The van der Waals surface area contributed by atoms with Gasteiger partial charge >= 0.3 is 0 Å². The Kier molecular flexibility index (Phi) is 3.63. The summed E-state index contributed by atoms with van der Waals surface area (Å²) >= 11 is 0. The molecule has 0 N–H and O–H groups in total. The predicted octanol–water partition coefficient (Wildman–Crippen LogP) is 3.88. The van der Waals surface area contributed by atoms with Crippen molar-refractivity contribution in [2.45, 2.75) is 25.7 Å². The molecule has 26 heavy (non-hydrogen) atoms. The summed E-state index contributed by atoms with van der Waals surface area (Å²) in [4.78, 5) is 4.73. The molecule has 1 aliphatic carbocycles. The molecular weight excluding hydrogens is 324 g/mol. The van der Waals surface area contributed by atoms with Crippen molar-refractivity contribution in [3.8, 4) is 0 Å². The third-order valence-corrected chi connectivity index (χ3v) is 4.94. The monoisotopic (exact) mass is 342 g/mol. The second-order valence-electron chi connectivity index (χ2n) is 6.51. The maximum atomic E-state index is 5.43. The zero-order valence-corrected chi connectivity index (χ0v) is 14.3. The van der Waals surface area contributed by atoms with Gasteiger partial charge in [0.2, 0.25) is 0 Å². The van der Waals surface area contributed by atoms with E-state index < -0.39 is 0 Å². The number of fused-ring (bicyclic) bond motifs is 2. The van der Waals surface area contributed by atoms with E-state index in [4.69, 9.17) is 9.40 Å². The standard InChI is InChI=1S/C21H18N4O/c1-2-8-17-15(5-1)6-3-9-18(17)19-13-22-20(25-14-23-24-21(19)25)11-10-16-7-4-12-26-16/h1-2,4-5,7-9,12-14H,3,6,10-11H2. The van der Waals surface area contributed by atoms with Crippen molar-refractivity contribution < 1.29 is 4.42 Å². The van der Waals surface area contributed by atoms with E-state index in [0.29, 0.717) is 0 Å². The maximum Gasteiger partial charge on any atom is 0.171 e. The van der Waals surface area contributed by atoms with Crippen LogP contribution in [0.2, 0.25) is 0 Å². The van der Waals surface area contributed by atoms with E-state index in [2.05, 4.69) is 40.5 Å². The SMILES string of the molecule is C1=C(c2cnc(CCc3ccco3)n3cnnc23)c2ccccc2CC1. The highest BCUT2D eigenvalue weighted by Crippen LogP contribution is 2.33. The first kappa shape index (κ1) is 15.1. The Morgan fingerprint density at radius 2 is 2.00 bits per heavy atom. The van der Waals surface area contributed by atoms with E-state index in [-0.39, 0.29) is 0 Å². The summed E-state index contributed by atoms with van der Waals surface area (Å²) in [5.74, 6) is 1.90. The molecule has 0 spiro atoms. The molecule has 0 bridgehead atoms. The molecule has 3 aromatic heterocycles. The molecule has 0 aliphatic heterocycles. The van der Waals surface area contributed by atoms with Crippen molar-refractivity contribution in [1.82, 2.24) is 19.6 Å². The lowest BCUT2D eigenvalue weighted by atomic mass is 9.88. The van der Waals surface area contributed by atoms with Crippen LogP contribution < -0.4 is 0 Å². The number of hydrogen-bond donors (Lipinski definition) is 0. The summed E-state index contributed by atoms with van der Waals surface area (Å²) in [6.45, 7) is 0. The molecule has 3 heterocycles. The van der Waals surface area contributed by atoms with Crippen molar-refractivity contribution >= 4 is 11.2 Å². The van der Waals surface area contributed by atoms with Crippen molar-refractivity contribution in [2.75, 3.05) is 0 Å². The Bertz CT molecular complexity index is 1090. The molecule has 128 valence electrons. The minimum atomic E-state index is 0.776. The summed E-state index contributed by atoms with van der Waals surface area (Å²) in [5, 5.41) is 8.52. The van der Waals surface area contributed by atoms with Gasteiger partial charge in [0.15, 0.2) is 5.65 Å². The van der Waals surface area contributed by atoms with Crippen LogP contribution in [0.5, 0.6) is 0 Å². The average molecular weight is 342 g/mol. The van der Waals surface area contributed by atoms with Crippen LogP contribution in [0, 0.1) is 0 Å². The first-order chi connectivity index (χ1) is 12.9. The van der Waals surface area contributed by atoms with Gasteiger partial charge in [-0.25, -0.2) is 4.98 Å². The third-order valence-electron chi connectivity index (χ3n) is 4.94. The zero-order valence-electron chi connectivity index (χ0n) is 14.3. The van der Waals surface area contributed by atoms with E-state index >= 15 is 0 Å². The van der Waals surface area contributed by atoms with Gasteiger partial charge in [-0.2, -0.15) is 0 Å². The topological polar surface area (TPSA) is 56.2 Å². The highest BCUT2D eigenvalue weighted by molar-refractivity contribution is 5.87. The number of aryl methyl sites for hydroxylation is 3. The molecule has 0 atom stereocenters. The Hall–Kier alpha value is -3.21. The molecule has 0 saturated carbocycles. The van der Waals surface area contributed by atoms with Gasteiger partial charge < -0.3 is 4.42 Å². The first-order valence-electron chi connectivity index (χ1n) is 8.89. The number of rotatable bonds is 4. The van der Waals surface area contributed by atoms with Gasteiger partial charge in [-0.3, -0.25) is 4.40 Å². The number of allylic oxidation sites excluding steroid dienone is 1. The fourth-order valence-corrected chi connectivity index (χ4v) is 3.67. The average Bonchev–Trinajstić information content (AvgIpc) is 3.38. The van der Waals surface area contributed by atoms with Crippen LogP contribution in [0.1, 0.15) is 34.7 Å². The molecule has 1 aliphatic rings. The van der Waals surface area contributed by atoms with E-state index in [0.717, 1.165) is 48.5 Å². The van der Waals surface area contributed by atoms with Crippen molar-refractivity contribution in [1.29, 1.82) is 0 Å². The van der Waals surface area contributed by atoms with Gasteiger partial charge in [-0.05, 0) is 41.7 Å². The van der Waals surface area contributed by atoms with Gasteiger partial charge in [0.25, 0.3) is 0 Å². The van der Waals surface area contributed by atoms with E-state index in [1.54, 1.807) is 12.6 Å². The van der Waals surface area contributed by atoms with Crippen LogP contribution in [0.25, 0.3) is 11.2 Å². The van der Waals surface area contributed by atoms with Gasteiger partial charge in [0.1, 0.15) is 17.9 Å². The lowest BCUT2D eigenvalue weighted by Gasteiger charge is -2.18. The Morgan fingerprint density at radius 1 is 1.04 bits per heavy atom. The Balaban J connectivity index is 1.55. The molecule has 0 saturated heterocycles. The number of furan rings is 1. The molecule has 0 unspecified atom stereocenters. The largest absolute Gasteiger partial charge is 0.469 e. The fraction of sp³-hybridized carbons (Fsp3) is 0.190. The molecule has 1 aromatic carbocycles. The maximum absolute atomic E-state index is 5.43. The normalized spacial score (nSPS) is 13.6. The van der Waals surface area contributed by atoms with Crippen LogP contribution in [0.3, 0.4) is 0 Å². The highest BCUT2D eigenvalue weighted by atomic mass is 16.3. The molecule has 0 amide bonds.